The lowest BCUT2D eigenvalue weighted by Crippen LogP contribution is -2.55. The summed E-state index contributed by atoms with van der Waals surface area (Å²) in [5, 5.41) is 14.7. The molecule has 0 aromatic carbocycles. The molecule has 2 amide bonds. The summed E-state index contributed by atoms with van der Waals surface area (Å²) in [4.78, 5) is 23.1. The summed E-state index contributed by atoms with van der Waals surface area (Å²) < 4.78 is 5.59. The standard InChI is InChI=1S/C14H24N2O4/c17-12(18)14(7-2-3-8-14)16-13(19)15-9-6-11-5-1-4-10-20-11/h11H,1-10H2,(H,17,18)(H2,15,16,19). The molecule has 0 bridgehead atoms. The Bertz CT molecular complexity index is 347. The van der Waals surface area contributed by atoms with Gasteiger partial charge in [-0.2, -0.15) is 0 Å². The van der Waals surface area contributed by atoms with Crippen LogP contribution in [0.15, 0.2) is 0 Å². The lowest BCUT2D eigenvalue weighted by Gasteiger charge is -2.26. The van der Waals surface area contributed by atoms with Crippen molar-refractivity contribution >= 4 is 12.0 Å². The largest absolute Gasteiger partial charge is 0.480 e. The quantitative estimate of drug-likeness (QED) is 0.716. The first kappa shape index (κ1) is 15.1. The van der Waals surface area contributed by atoms with Crippen LogP contribution in [0.1, 0.15) is 51.4 Å². The Balaban J connectivity index is 1.70. The van der Waals surface area contributed by atoms with Crippen LogP contribution in [-0.4, -0.2) is 41.9 Å². The Morgan fingerprint density at radius 3 is 2.55 bits per heavy atom. The van der Waals surface area contributed by atoms with E-state index < -0.39 is 11.5 Å². The molecule has 1 unspecified atom stereocenters. The van der Waals surface area contributed by atoms with E-state index in [0.717, 1.165) is 38.7 Å². The van der Waals surface area contributed by atoms with E-state index in [-0.39, 0.29) is 12.1 Å². The number of carbonyl (C=O) groups is 2. The van der Waals surface area contributed by atoms with Crippen molar-refractivity contribution in [2.24, 2.45) is 0 Å². The van der Waals surface area contributed by atoms with Crippen molar-refractivity contribution in [1.29, 1.82) is 0 Å². The SMILES string of the molecule is O=C(NCCC1CCCCO1)NC1(C(=O)O)CCCC1. The van der Waals surface area contributed by atoms with E-state index >= 15 is 0 Å². The molecule has 1 aliphatic carbocycles. The minimum Gasteiger partial charge on any atom is -0.480 e. The number of carboxylic acid groups (broad SMARTS) is 1. The number of hydrogen-bond donors (Lipinski definition) is 3. The second kappa shape index (κ2) is 6.92. The van der Waals surface area contributed by atoms with Gasteiger partial charge in [-0.05, 0) is 38.5 Å². The summed E-state index contributed by atoms with van der Waals surface area (Å²) in [6.07, 6.45) is 7.08. The Morgan fingerprint density at radius 1 is 1.20 bits per heavy atom. The van der Waals surface area contributed by atoms with Gasteiger partial charge in [-0.15, -0.1) is 0 Å². The number of rotatable bonds is 5. The fourth-order valence-electron chi connectivity index (χ4n) is 3.01. The molecule has 1 saturated carbocycles. The topological polar surface area (TPSA) is 87.7 Å². The molecule has 0 aromatic heterocycles. The van der Waals surface area contributed by atoms with Gasteiger partial charge in [0.05, 0.1) is 6.10 Å². The van der Waals surface area contributed by atoms with Crippen molar-refractivity contribution in [1.82, 2.24) is 10.6 Å². The number of carboxylic acids is 1. The lowest BCUT2D eigenvalue weighted by atomic mass is 9.98. The monoisotopic (exact) mass is 284 g/mol. The number of aliphatic carboxylic acids is 1. The summed E-state index contributed by atoms with van der Waals surface area (Å²) in [6, 6.07) is -0.384. The molecule has 20 heavy (non-hydrogen) atoms. The van der Waals surface area contributed by atoms with Crippen molar-refractivity contribution in [2.75, 3.05) is 13.2 Å². The third-order valence-electron chi connectivity index (χ3n) is 4.25. The normalized spacial score (nSPS) is 25.1. The van der Waals surface area contributed by atoms with Gasteiger partial charge in [-0.25, -0.2) is 9.59 Å². The highest BCUT2D eigenvalue weighted by Gasteiger charge is 2.42. The van der Waals surface area contributed by atoms with Gasteiger partial charge < -0.3 is 20.5 Å². The average molecular weight is 284 g/mol. The van der Waals surface area contributed by atoms with Crippen LogP contribution in [0.4, 0.5) is 4.79 Å². The molecular weight excluding hydrogens is 260 g/mol. The van der Waals surface area contributed by atoms with Crippen LogP contribution < -0.4 is 10.6 Å². The van der Waals surface area contributed by atoms with Gasteiger partial charge in [0.2, 0.25) is 0 Å². The highest BCUT2D eigenvalue weighted by atomic mass is 16.5. The van der Waals surface area contributed by atoms with E-state index in [1.807, 2.05) is 0 Å². The predicted octanol–water partition coefficient (Wildman–Crippen LogP) is 1.64. The van der Waals surface area contributed by atoms with Crippen molar-refractivity contribution in [2.45, 2.75) is 63.0 Å². The molecule has 0 radical (unpaired) electrons. The van der Waals surface area contributed by atoms with E-state index in [0.29, 0.717) is 19.4 Å². The van der Waals surface area contributed by atoms with Crippen LogP contribution in [0.25, 0.3) is 0 Å². The fourth-order valence-corrected chi connectivity index (χ4v) is 3.01. The highest BCUT2D eigenvalue weighted by molar-refractivity contribution is 5.86. The van der Waals surface area contributed by atoms with Crippen molar-refractivity contribution < 1.29 is 19.4 Å². The number of nitrogens with one attached hydrogen (secondary N) is 2. The molecule has 6 heteroatoms. The van der Waals surface area contributed by atoms with Crippen LogP contribution >= 0.6 is 0 Å². The average Bonchev–Trinajstić information content (AvgIpc) is 2.90. The summed E-state index contributed by atoms with van der Waals surface area (Å²) in [6.45, 7) is 1.32. The highest BCUT2D eigenvalue weighted by Crippen LogP contribution is 2.29. The van der Waals surface area contributed by atoms with Gasteiger partial charge in [0, 0.05) is 13.2 Å². The lowest BCUT2D eigenvalue weighted by molar-refractivity contribution is -0.144. The van der Waals surface area contributed by atoms with Gasteiger partial charge in [-0.3, -0.25) is 0 Å². The molecule has 2 rings (SSSR count). The number of hydrogen-bond acceptors (Lipinski definition) is 3. The molecule has 6 nitrogen and oxygen atoms in total. The van der Waals surface area contributed by atoms with Gasteiger partial charge in [0.1, 0.15) is 5.54 Å². The van der Waals surface area contributed by atoms with Gasteiger partial charge in [0.15, 0.2) is 0 Å². The van der Waals surface area contributed by atoms with E-state index in [2.05, 4.69) is 10.6 Å². The van der Waals surface area contributed by atoms with E-state index in [1.165, 1.54) is 6.42 Å². The van der Waals surface area contributed by atoms with Crippen LogP contribution in [-0.2, 0) is 9.53 Å². The molecule has 3 N–H and O–H groups in total. The summed E-state index contributed by atoms with van der Waals surface area (Å²) >= 11 is 0. The van der Waals surface area contributed by atoms with Crippen LogP contribution in [0, 0.1) is 0 Å². The van der Waals surface area contributed by atoms with Crippen molar-refractivity contribution in [3.63, 3.8) is 0 Å². The first-order chi connectivity index (χ1) is 9.62. The smallest absolute Gasteiger partial charge is 0.329 e. The van der Waals surface area contributed by atoms with E-state index in [9.17, 15) is 14.7 Å². The Morgan fingerprint density at radius 2 is 1.95 bits per heavy atom. The summed E-state index contributed by atoms with van der Waals surface area (Å²) in [7, 11) is 0. The summed E-state index contributed by atoms with van der Waals surface area (Å²) in [5.41, 5.74) is -1.06. The first-order valence-corrected chi connectivity index (χ1v) is 7.53. The van der Waals surface area contributed by atoms with E-state index in [4.69, 9.17) is 4.74 Å². The van der Waals surface area contributed by atoms with Crippen molar-refractivity contribution in [3.8, 4) is 0 Å². The minimum atomic E-state index is -1.06. The maximum absolute atomic E-state index is 11.8. The molecular formula is C14H24N2O4. The Kier molecular flexibility index (Phi) is 5.23. The number of urea groups is 1. The zero-order valence-corrected chi connectivity index (χ0v) is 11.8. The number of amides is 2. The number of carbonyl (C=O) groups excluding carboxylic acids is 1. The predicted molar refractivity (Wildman–Crippen MR) is 73.6 cm³/mol. The van der Waals surface area contributed by atoms with Gasteiger partial charge in [-0.1, -0.05) is 12.8 Å². The number of ether oxygens (including phenoxy) is 1. The zero-order chi connectivity index (χ0) is 14.4. The minimum absolute atomic E-state index is 0.226. The van der Waals surface area contributed by atoms with Gasteiger partial charge in [0.25, 0.3) is 0 Å². The molecule has 2 fully saturated rings. The Hall–Kier alpha value is -1.30. The molecule has 114 valence electrons. The summed E-state index contributed by atoms with van der Waals surface area (Å²) in [5.74, 6) is -0.930. The third-order valence-corrected chi connectivity index (χ3v) is 4.25. The maximum Gasteiger partial charge on any atom is 0.329 e. The second-order valence-corrected chi connectivity index (χ2v) is 5.75. The molecule has 1 aliphatic heterocycles. The maximum atomic E-state index is 11.8. The molecule has 0 spiro atoms. The van der Waals surface area contributed by atoms with Crippen LogP contribution in [0.3, 0.4) is 0 Å². The van der Waals surface area contributed by atoms with E-state index in [1.54, 1.807) is 0 Å². The molecule has 2 aliphatic rings. The molecule has 1 saturated heterocycles. The third kappa shape index (κ3) is 3.85. The van der Waals surface area contributed by atoms with Crippen LogP contribution in [0.2, 0.25) is 0 Å². The fraction of sp³-hybridized carbons (Fsp3) is 0.857. The molecule has 1 atom stereocenters. The first-order valence-electron chi connectivity index (χ1n) is 7.53. The zero-order valence-electron chi connectivity index (χ0n) is 11.8. The Labute approximate surface area is 119 Å². The van der Waals surface area contributed by atoms with Gasteiger partial charge >= 0.3 is 12.0 Å². The molecule has 0 aromatic rings. The molecule has 1 heterocycles. The van der Waals surface area contributed by atoms with Crippen molar-refractivity contribution in [3.05, 3.63) is 0 Å². The second-order valence-electron chi connectivity index (χ2n) is 5.75. The van der Waals surface area contributed by atoms with Crippen LogP contribution in [0.5, 0.6) is 0 Å².